The maximum absolute atomic E-state index is 12.3. The lowest BCUT2D eigenvalue weighted by Crippen LogP contribution is -2.31. The number of anilines is 1. The monoisotopic (exact) mass is 388 g/mol. The van der Waals surface area contributed by atoms with E-state index < -0.39 is 0 Å². The van der Waals surface area contributed by atoms with Crippen LogP contribution in [0.1, 0.15) is 29.8 Å². The summed E-state index contributed by atoms with van der Waals surface area (Å²) in [7, 11) is 0. The van der Waals surface area contributed by atoms with Crippen LogP contribution in [0, 0.1) is 0 Å². The molecule has 136 valence electrons. The average molecular weight is 389 g/mol. The molecule has 0 bridgehead atoms. The first-order chi connectivity index (χ1) is 12.7. The second-order valence-corrected chi connectivity index (χ2v) is 7.36. The highest BCUT2D eigenvalue weighted by molar-refractivity contribution is 7.09. The van der Waals surface area contributed by atoms with Gasteiger partial charge in [-0.3, -0.25) is 4.79 Å². The molecule has 2 N–H and O–H groups in total. The van der Waals surface area contributed by atoms with Crippen molar-refractivity contribution < 1.29 is 4.79 Å². The molecule has 0 fully saturated rings. The Hall–Kier alpha value is -2.15. The van der Waals surface area contributed by atoms with E-state index in [0.29, 0.717) is 17.4 Å². The van der Waals surface area contributed by atoms with E-state index in [4.69, 9.17) is 11.6 Å². The number of thiophene rings is 1. The first kappa shape index (κ1) is 18.6. The highest BCUT2D eigenvalue weighted by Crippen LogP contribution is 2.19. The van der Waals surface area contributed by atoms with E-state index in [2.05, 4.69) is 28.7 Å². The summed E-state index contributed by atoms with van der Waals surface area (Å²) in [5.74, 6) is 0.607. The van der Waals surface area contributed by atoms with E-state index in [1.54, 1.807) is 22.2 Å². The van der Waals surface area contributed by atoms with Crippen LogP contribution in [0.25, 0.3) is 0 Å². The number of carbonyl (C=O) groups is 1. The van der Waals surface area contributed by atoms with E-state index >= 15 is 0 Å². The highest BCUT2D eigenvalue weighted by atomic mass is 35.5. The van der Waals surface area contributed by atoms with E-state index in [-0.39, 0.29) is 18.5 Å². The summed E-state index contributed by atoms with van der Waals surface area (Å²) in [6.07, 6.45) is 2.57. The normalized spacial score (nSPS) is 12.1. The fraction of sp³-hybridized carbons (Fsp3) is 0.263. The van der Waals surface area contributed by atoms with Crippen LogP contribution in [-0.4, -0.2) is 22.2 Å². The molecule has 1 amide bonds. The number of amides is 1. The minimum absolute atomic E-state index is 0.0923. The van der Waals surface area contributed by atoms with Gasteiger partial charge in [-0.2, -0.15) is 5.10 Å². The van der Waals surface area contributed by atoms with Gasteiger partial charge in [0.15, 0.2) is 0 Å². The molecule has 2 aromatic heterocycles. The quantitative estimate of drug-likeness (QED) is 0.604. The third-order valence-corrected chi connectivity index (χ3v) is 5.17. The van der Waals surface area contributed by atoms with E-state index in [1.165, 1.54) is 4.88 Å². The van der Waals surface area contributed by atoms with Crippen molar-refractivity contribution in [2.75, 3.05) is 11.9 Å². The van der Waals surface area contributed by atoms with Crippen LogP contribution in [0.5, 0.6) is 0 Å². The zero-order valence-corrected chi connectivity index (χ0v) is 16.1. The van der Waals surface area contributed by atoms with Gasteiger partial charge < -0.3 is 10.6 Å². The maximum Gasteiger partial charge on any atom is 0.239 e. The number of aromatic nitrogens is 2. The fourth-order valence-electron chi connectivity index (χ4n) is 2.71. The first-order valence-electron chi connectivity index (χ1n) is 8.48. The van der Waals surface area contributed by atoms with Crippen LogP contribution in [0.15, 0.2) is 54.0 Å². The molecule has 3 aromatic rings. The SMILES string of the molecule is CCC(NCC(=O)Nc1ccnn1Cc1cccs1)c1ccc(Cl)cc1. The zero-order valence-electron chi connectivity index (χ0n) is 14.5. The molecule has 0 radical (unpaired) electrons. The third kappa shape index (κ3) is 4.94. The lowest BCUT2D eigenvalue weighted by molar-refractivity contribution is -0.115. The van der Waals surface area contributed by atoms with Gasteiger partial charge in [0, 0.05) is 22.0 Å². The Labute approximate surface area is 162 Å². The van der Waals surface area contributed by atoms with E-state index in [1.807, 2.05) is 41.8 Å². The summed E-state index contributed by atoms with van der Waals surface area (Å²) < 4.78 is 1.79. The largest absolute Gasteiger partial charge is 0.310 e. The number of carbonyl (C=O) groups excluding carboxylic acids is 1. The molecule has 7 heteroatoms. The van der Waals surface area contributed by atoms with Gasteiger partial charge in [-0.25, -0.2) is 4.68 Å². The molecular formula is C19H21ClN4OS. The molecular weight excluding hydrogens is 368 g/mol. The molecule has 0 saturated carbocycles. The topological polar surface area (TPSA) is 59.0 Å². The van der Waals surface area contributed by atoms with Crippen LogP contribution >= 0.6 is 22.9 Å². The van der Waals surface area contributed by atoms with Crippen molar-refractivity contribution >= 4 is 34.7 Å². The summed E-state index contributed by atoms with van der Waals surface area (Å²) in [5, 5.41) is 13.3. The minimum atomic E-state index is -0.0923. The zero-order chi connectivity index (χ0) is 18.4. The summed E-state index contributed by atoms with van der Waals surface area (Å²) in [5.41, 5.74) is 1.12. The van der Waals surface area contributed by atoms with Crippen molar-refractivity contribution in [2.45, 2.75) is 25.9 Å². The van der Waals surface area contributed by atoms with E-state index in [0.717, 1.165) is 12.0 Å². The Morgan fingerprint density at radius 3 is 2.77 bits per heavy atom. The molecule has 3 rings (SSSR count). The Bertz CT molecular complexity index is 830. The molecule has 0 aliphatic carbocycles. The minimum Gasteiger partial charge on any atom is -0.310 e. The molecule has 0 spiro atoms. The Balaban J connectivity index is 1.55. The number of rotatable bonds is 8. The second-order valence-electron chi connectivity index (χ2n) is 5.89. The molecule has 1 aromatic carbocycles. The molecule has 0 aliphatic rings. The summed E-state index contributed by atoms with van der Waals surface area (Å²) in [6.45, 7) is 2.96. The maximum atomic E-state index is 12.3. The van der Waals surface area contributed by atoms with Crippen molar-refractivity contribution in [3.63, 3.8) is 0 Å². The second kappa shape index (κ2) is 8.98. The van der Waals surface area contributed by atoms with Gasteiger partial charge in [-0.05, 0) is 35.6 Å². The van der Waals surface area contributed by atoms with Gasteiger partial charge >= 0.3 is 0 Å². The Morgan fingerprint density at radius 1 is 1.27 bits per heavy atom. The van der Waals surface area contributed by atoms with Gasteiger partial charge in [0.05, 0.1) is 19.3 Å². The number of nitrogens with zero attached hydrogens (tertiary/aromatic N) is 2. The number of hydrogen-bond donors (Lipinski definition) is 2. The van der Waals surface area contributed by atoms with Crippen molar-refractivity contribution in [1.29, 1.82) is 0 Å². The number of nitrogens with one attached hydrogen (secondary N) is 2. The van der Waals surface area contributed by atoms with E-state index in [9.17, 15) is 4.79 Å². The average Bonchev–Trinajstić information content (AvgIpc) is 3.30. The van der Waals surface area contributed by atoms with Crippen LogP contribution < -0.4 is 10.6 Å². The highest BCUT2D eigenvalue weighted by Gasteiger charge is 2.12. The predicted octanol–water partition coefficient (Wildman–Crippen LogP) is 4.33. The summed E-state index contributed by atoms with van der Waals surface area (Å²) in [4.78, 5) is 13.5. The van der Waals surface area contributed by atoms with Crippen LogP contribution in [0.4, 0.5) is 5.82 Å². The summed E-state index contributed by atoms with van der Waals surface area (Å²) >= 11 is 7.61. The molecule has 1 atom stereocenters. The number of halogens is 1. The van der Waals surface area contributed by atoms with Crippen LogP contribution in [0.2, 0.25) is 5.02 Å². The van der Waals surface area contributed by atoms with Gasteiger partial charge in [-0.1, -0.05) is 36.7 Å². The van der Waals surface area contributed by atoms with Gasteiger partial charge in [0.2, 0.25) is 5.91 Å². The lowest BCUT2D eigenvalue weighted by atomic mass is 10.0. The molecule has 1 unspecified atom stereocenters. The molecule has 26 heavy (non-hydrogen) atoms. The van der Waals surface area contributed by atoms with Gasteiger partial charge in [-0.15, -0.1) is 11.3 Å². The molecule has 0 aliphatic heterocycles. The standard InChI is InChI=1S/C19H21ClN4OS/c1-2-17(14-5-7-15(20)8-6-14)21-12-19(25)23-18-9-10-22-24(18)13-16-4-3-11-26-16/h3-11,17,21H,2,12-13H2,1H3,(H,23,25). The predicted molar refractivity (Wildman–Crippen MR) is 107 cm³/mol. The van der Waals surface area contributed by atoms with Crippen molar-refractivity contribution in [2.24, 2.45) is 0 Å². The van der Waals surface area contributed by atoms with Crippen molar-refractivity contribution in [3.8, 4) is 0 Å². The molecule has 2 heterocycles. The first-order valence-corrected chi connectivity index (χ1v) is 9.74. The summed E-state index contributed by atoms with van der Waals surface area (Å²) in [6, 6.07) is 13.7. The molecule has 5 nitrogen and oxygen atoms in total. The molecule has 0 saturated heterocycles. The number of benzene rings is 1. The van der Waals surface area contributed by atoms with Crippen molar-refractivity contribution in [3.05, 3.63) is 69.5 Å². The fourth-order valence-corrected chi connectivity index (χ4v) is 3.52. The van der Waals surface area contributed by atoms with Gasteiger partial charge in [0.25, 0.3) is 0 Å². The Kier molecular flexibility index (Phi) is 6.44. The van der Waals surface area contributed by atoms with Crippen LogP contribution in [-0.2, 0) is 11.3 Å². The third-order valence-electron chi connectivity index (χ3n) is 4.06. The van der Waals surface area contributed by atoms with Gasteiger partial charge in [0.1, 0.15) is 5.82 Å². The smallest absolute Gasteiger partial charge is 0.239 e. The van der Waals surface area contributed by atoms with Crippen LogP contribution in [0.3, 0.4) is 0 Å². The lowest BCUT2D eigenvalue weighted by Gasteiger charge is -2.17. The number of hydrogen-bond acceptors (Lipinski definition) is 4. The Morgan fingerprint density at radius 2 is 2.08 bits per heavy atom. The van der Waals surface area contributed by atoms with Crippen molar-refractivity contribution in [1.82, 2.24) is 15.1 Å².